The van der Waals surface area contributed by atoms with Crippen LogP contribution in [0.4, 0.5) is 37.7 Å². The molecule has 12 heteroatoms. The normalized spacial score (nSPS) is 11.7. The van der Waals surface area contributed by atoms with Crippen molar-refractivity contribution in [2.45, 2.75) is 26.2 Å². The highest BCUT2D eigenvalue weighted by atomic mass is 35.5. The second-order valence-corrected chi connectivity index (χ2v) is 8.18. The molecule has 0 bridgehead atoms. The number of carbonyl (C=O) groups excluding carboxylic acids is 2. The zero-order valence-electron chi connectivity index (χ0n) is 19.3. The minimum Gasteiger partial charge on any atom is -0.493 e. The number of rotatable bonds is 6. The maximum absolute atomic E-state index is 13.2. The predicted molar refractivity (Wildman–Crippen MR) is 126 cm³/mol. The molecule has 0 saturated heterocycles. The summed E-state index contributed by atoms with van der Waals surface area (Å²) in [5.74, 6) is -1.64. The van der Waals surface area contributed by atoms with E-state index in [0.29, 0.717) is 6.07 Å². The fourth-order valence-electron chi connectivity index (χ4n) is 3.35. The van der Waals surface area contributed by atoms with Gasteiger partial charge in [0.2, 0.25) is 0 Å². The average molecular weight is 545 g/mol. The van der Waals surface area contributed by atoms with E-state index in [1.54, 1.807) is 6.92 Å². The molecule has 0 unspecified atom stereocenters. The molecule has 0 heterocycles. The van der Waals surface area contributed by atoms with E-state index < -0.39 is 40.3 Å². The highest BCUT2D eigenvalue weighted by Crippen LogP contribution is 2.36. The molecule has 5 nitrogen and oxygen atoms in total. The largest absolute Gasteiger partial charge is 0.493 e. The van der Waals surface area contributed by atoms with Crippen LogP contribution in [0.3, 0.4) is 0 Å². The first-order chi connectivity index (χ1) is 17.2. The van der Waals surface area contributed by atoms with Gasteiger partial charge in [-0.15, -0.1) is 0 Å². The van der Waals surface area contributed by atoms with Gasteiger partial charge in [-0.1, -0.05) is 17.7 Å². The number of hydrogen-bond acceptors (Lipinski definition) is 3. The summed E-state index contributed by atoms with van der Waals surface area (Å²) in [6.45, 7) is 2.98. The van der Waals surface area contributed by atoms with E-state index in [-0.39, 0.29) is 40.4 Å². The zero-order chi connectivity index (χ0) is 27.5. The van der Waals surface area contributed by atoms with Crippen molar-refractivity contribution in [1.82, 2.24) is 0 Å². The molecule has 0 aliphatic heterocycles. The molecule has 2 N–H and O–H groups in total. The van der Waals surface area contributed by atoms with Crippen molar-refractivity contribution in [3.63, 3.8) is 0 Å². The van der Waals surface area contributed by atoms with Crippen LogP contribution in [0.1, 0.15) is 44.3 Å². The summed E-state index contributed by atoms with van der Waals surface area (Å²) in [4.78, 5) is 25.5. The van der Waals surface area contributed by atoms with E-state index in [2.05, 4.69) is 10.6 Å². The molecule has 3 rings (SSSR count). The third kappa shape index (κ3) is 6.73. The third-order valence-corrected chi connectivity index (χ3v) is 5.45. The third-order valence-electron chi connectivity index (χ3n) is 5.12. The van der Waals surface area contributed by atoms with Gasteiger partial charge in [-0.2, -0.15) is 26.3 Å². The number of halogens is 7. The molecule has 196 valence electrons. The molecule has 0 spiro atoms. The van der Waals surface area contributed by atoms with Gasteiger partial charge in [0.25, 0.3) is 11.8 Å². The maximum Gasteiger partial charge on any atom is 0.417 e. The van der Waals surface area contributed by atoms with Gasteiger partial charge in [0.15, 0.2) is 0 Å². The first-order valence-corrected chi connectivity index (χ1v) is 11.0. The Balaban J connectivity index is 1.85. The van der Waals surface area contributed by atoms with Crippen LogP contribution in [0, 0.1) is 6.92 Å². The Kier molecular flexibility index (Phi) is 8.06. The summed E-state index contributed by atoms with van der Waals surface area (Å²) >= 11 is 5.59. The molecule has 0 aliphatic rings. The monoisotopic (exact) mass is 544 g/mol. The van der Waals surface area contributed by atoms with Crippen LogP contribution in [-0.2, 0) is 12.4 Å². The van der Waals surface area contributed by atoms with Gasteiger partial charge in [0.1, 0.15) is 5.75 Å². The molecule has 0 fully saturated rings. The summed E-state index contributed by atoms with van der Waals surface area (Å²) < 4.78 is 84.3. The van der Waals surface area contributed by atoms with Crippen LogP contribution in [0.15, 0.2) is 54.6 Å². The molecular weight excluding hydrogens is 526 g/mol. The lowest BCUT2D eigenvalue weighted by atomic mass is 10.1. The lowest BCUT2D eigenvalue weighted by Gasteiger charge is -2.15. The molecule has 3 aromatic carbocycles. The van der Waals surface area contributed by atoms with Crippen molar-refractivity contribution in [3.05, 3.63) is 87.4 Å². The molecule has 0 aliphatic carbocycles. The summed E-state index contributed by atoms with van der Waals surface area (Å²) in [6.07, 6.45) is -9.34. The molecule has 3 aromatic rings. The van der Waals surface area contributed by atoms with Crippen LogP contribution in [0.25, 0.3) is 0 Å². The van der Waals surface area contributed by atoms with Gasteiger partial charge in [0, 0.05) is 16.9 Å². The number of nitrogens with one attached hydrogen (secondary N) is 2. The standard InChI is InChI=1S/C25H19ClF6N2O3/c1-3-37-21-10-14(22(35)33-16-7-9-20(26)19(12-16)25(30,31)32)5-8-17(21)23(36)34-15-6-4-13(2)18(11-15)24(27,28)29/h4-12H,3H2,1-2H3,(H,33,35)(H,34,36). The van der Waals surface area contributed by atoms with Crippen LogP contribution in [0.5, 0.6) is 5.75 Å². The second kappa shape index (κ2) is 10.7. The van der Waals surface area contributed by atoms with E-state index in [9.17, 15) is 35.9 Å². The van der Waals surface area contributed by atoms with Crippen molar-refractivity contribution < 1.29 is 40.7 Å². The van der Waals surface area contributed by atoms with Crippen molar-refractivity contribution in [3.8, 4) is 5.75 Å². The molecule has 0 atom stereocenters. The van der Waals surface area contributed by atoms with E-state index in [1.165, 1.54) is 43.3 Å². The number of alkyl halides is 6. The van der Waals surface area contributed by atoms with Crippen molar-refractivity contribution in [1.29, 1.82) is 0 Å². The van der Waals surface area contributed by atoms with Gasteiger partial charge in [0.05, 0.1) is 28.3 Å². The van der Waals surface area contributed by atoms with E-state index in [0.717, 1.165) is 12.1 Å². The number of amides is 2. The fraction of sp³-hybridized carbons (Fsp3) is 0.200. The number of hydrogen-bond donors (Lipinski definition) is 2. The maximum atomic E-state index is 13.2. The topological polar surface area (TPSA) is 67.4 Å². The first kappa shape index (κ1) is 27.9. The van der Waals surface area contributed by atoms with Crippen LogP contribution in [0.2, 0.25) is 5.02 Å². The van der Waals surface area contributed by atoms with Gasteiger partial charge >= 0.3 is 12.4 Å². The van der Waals surface area contributed by atoms with Crippen molar-refractivity contribution in [2.75, 3.05) is 17.2 Å². The Labute approximate surface area is 212 Å². The Hall–Kier alpha value is -3.73. The molecule has 0 saturated carbocycles. The number of aryl methyl sites for hydroxylation is 1. The number of benzene rings is 3. The summed E-state index contributed by atoms with van der Waals surface area (Å²) in [7, 11) is 0. The smallest absolute Gasteiger partial charge is 0.417 e. The van der Waals surface area contributed by atoms with E-state index in [1.807, 2.05) is 0 Å². The molecule has 37 heavy (non-hydrogen) atoms. The van der Waals surface area contributed by atoms with Crippen LogP contribution < -0.4 is 15.4 Å². The van der Waals surface area contributed by atoms with Gasteiger partial charge in [-0.25, -0.2) is 0 Å². The number of carbonyl (C=O) groups is 2. The van der Waals surface area contributed by atoms with Crippen LogP contribution >= 0.6 is 11.6 Å². The fourth-order valence-corrected chi connectivity index (χ4v) is 3.58. The highest BCUT2D eigenvalue weighted by Gasteiger charge is 2.34. The zero-order valence-corrected chi connectivity index (χ0v) is 20.0. The van der Waals surface area contributed by atoms with Gasteiger partial charge in [-0.3, -0.25) is 9.59 Å². The lowest BCUT2D eigenvalue weighted by molar-refractivity contribution is -0.138. The molecular formula is C25H19ClF6N2O3. The minimum atomic E-state index is -4.73. The van der Waals surface area contributed by atoms with Crippen molar-refractivity contribution in [2.24, 2.45) is 0 Å². The number of anilines is 2. The highest BCUT2D eigenvalue weighted by molar-refractivity contribution is 6.31. The predicted octanol–water partition coefficient (Wildman–Crippen LogP) is 7.59. The lowest BCUT2D eigenvalue weighted by Crippen LogP contribution is -2.17. The van der Waals surface area contributed by atoms with E-state index >= 15 is 0 Å². The average Bonchev–Trinajstić information content (AvgIpc) is 2.80. The quantitative estimate of drug-likeness (QED) is 0.314. The first-order valence-electron chi connectivity index (χ1n) is 10.6. The summed E-state index contributed by atoms with van der Waals surface area (Å²) in [5, 5.41) is 4.16. The summed E-state index contributed by atoms with van der Waals surface area (Å²) in [5.41, 5.74) is -2.43. The van der Waals surface area contributed by atoms with Gasteiger partial charge < -0.3 is 15.4 Å². The molecule has 0 aromatic heterocycles. The number of ether oxygens (including phenoxy) is 1. The molecule has 2 amide bonds. The van der Waals surface area contributed by atoms with Crippen molar-refractivity contribution >= 4 is 34.8 Å². The Morgan fingerprint density at radius 3 is 1.97 bits per heavy atom. The SMILES string of the molecule is CCOc1cc(C(=O)Nc2ccc(Cl)c(C(F)(F)F)c2)ccc1C(=O)Nc1ccc(C)c(C(F)(F)F)c1. The van der Waals surface area contributed by atoms with E-state index in [4.69, 9.17) is 16.3 Å². The Morgan fingerprint density at radius 2 is 1.38 bits per heavy atom. The minimum absolute atomic E-state index is 0.0149. The molecule has 0 radical (unpaired) electrons. The van der Waals surface area contributed by atoms with Gasteiger partial charge in [-0.05, 0) is 67.9 Å². The van der Waals surface area contributed by atoms with Crippen LogP contribution in [-0.4, -0.2) is 18.4 Å². The summed E-state index contributed by atoms with van der Waals surface area (Å²) in [6, 6.07) is 9.85. The Morgan fingerprint density at radius 1 is 0.811 bits per heavy atom. The Bertz CT molecular complexity index is 1340. The second-order valence-electron chi connectivity index (χ2n) is 7.77.